The summed E-state index contributed by atoms with van der Waals surface area (Å²) in [5.74, 6) is 3.45. The highest BCUT2D eigenvalue weighted by molar-refractivity contribution is 7.99. The number of hydrogen-bond donors (Lipinski definition) is 0. The molecule has 0 atom stereocenters. The van der Waals surface area contributed by atoms with Gasteiger partial charge < -0.3 is 19.3 Å². The molecular weight excluding hydrogens is 390 g/mol. The molecule has 0 spiro atoms. The van der Waals surface area contributed by atoms with Crippen LogP contribution in [0.1, 0.15) is 23.0 Å². The molecule has 2 heterocycles. The van der Waals surface area contributed by atoms with Gasteiger partial charge in [0.15, 0.2) is 17.2 Å². The number of ether oxygens (including phenoxy) is 2. The molecule has 3 rings (SSSR count). The van der Waals surface area contributed by atoms with Crippen molar-refractivity contribution in [3.63, 3.8) is 0 Å². The Morgan fingerprint density at radius 3 is 2.79 bits per heavy atom. The Balaban J connectivity index is 1.52. The fourth-order valence-electron chi connectivity index (χ4n) is 3.19. The quantitative estimate of drug-likeness (QED) is 0.616. The average molecular weight is 420 g/mol. The highest BCUT2D eigenvalue weighted by Crippen LogP contribution is 2.28. The van der Waals surface area contributed by atoms with Gasteiger partial charge in [0.25, 0.3) is 5.91 Å². The van der Waals surface area contributed by atoms with E-state index in [0.717, 1.165) is 54.7 Å². The summed E-state index contributed by atoms with van der Waals surface area (Å²) < 4.78 is 12.7. The number of likely N-dealkylation sites (N-methyl/N-ethyl adjacent to an activating group) is 1. The fraction of sp³-hybridized carbons (Fsp3) is 0.550. The minimum Gasteiger partial charge on any atom is -0.493 e. The molecule has 1 aromatic carbocycles. The number of carbonyl (C=O) groups is 1. The first-order valence-electron chi connectivity index (χ1n) is 9.86. The van der Waals surface area contributed by atoms with Crippen molar-refractivity contribution < 1.29 is 14.3 Å². The summed E-state index contributed by atoms with van der Waals surface area (Å²) in [5, 5.41) is 8.19. The Morgan fingerprint density at radius 1 is 1.28 bits per heavy atom. The van der Waals surface area contributed by atoms with Crippen LogP contribution in [0.25, 0.3) is 0 Å². The molecule has 0 N–H and O–H groups in total. The van der Waals surface area contributed by atoms with E-state index < -0.39 is 0 Å². The van der Waals surface area contributed by atoms with Gasteiger partial charge in [-0.1, -0.05) is 11.3 Å². The summed E-state index contributed by atoms with van der Waals surface area (Å²) in [6.07, 6.45) is 1.75. The van der Waals surface area contributed by atoms with Crippen molar-refractivity contribution in [1.29, 1.82) is 0 Å². The second kappa shape index (κ2) is 10.5. The number of rotatable bonds is 9. The molecule has 1 aliphatic heterocycles. The van der Waals surface area contributed by atoms with E-state index in [9.17, 15) is 4.79 Å². The Kier molecular flexibility index (Phi) is 7.76. The fourth-order valence-corrected chi connectivity index (χ4v) is 4.09. The molecular formula is C20H29N5O3S. The van der Waals surface area contributed by atoms with Crippen LogP contribution in [-0.2, 0) is 13.1 Å². The van der Waals surface area contributed by atoms with Gasteiger partial charge >= 0.3 is 0 Å². The SMILES string of the molecule is CCOc1cc(CN(C)CCn2cc(C(=O)N3CCSCC3)nn2)ccc1OC. The van der Waals surface area contributed by atoms with Crippen LogP contribution in [-0.4, -0.2) is 82.6 Å². The summed E-state index contributed by atoms with van der Waals surface area (Å²) >= 11 is 1.88. The summed E-state index contributed by atoms with van der Waals surface area (Å²) in [7, 11) is 3.70. The summed E-state index contributed by atoms with van der Waals surface area (Å²) in [6.45, 7) is 6.35. The van der Waals surface area contributed by atoms with Gasteiger partial charge in [0.05, 0.1) is 26.5 Å². The number of nitrogens with zero attached hydrogens (tertiary/aromatic N) is 5. The van der Waals surface area contributed by atoms with Crippen molar-refractivity contribution in [2.24, 2.45) is 0 Å². The van der Waals surface area contributed by atoms with Crippen molar-refractivity contribution in [3.8, 4) is 11.5 Å². The predicted octanol–water partition coefficient (Wildman–Crippen LogP) is 2.01. The summed E-state index contributed by atoms with van der Waals surface area (Å²) in [6, 6.07) is 5.99. The third-order valence-corrected chi connectivity index (χ3v) is 5.69. The minimum absolute atomic E-state index is 0.0217. The van der Waals surface area contributed by atoms with E-state index in [-0.39, 0.29) is 5.91 Å². The van der Waals surface area contributed by atoms with Gasteiger partial charge in [0.1, 0.15) is 0 Å². The van der Waals surface area contributed by atoms with Crippen LogP contribution in [0.5, 0.6) is 11.5 Å². The number of methoxy groups -OCH3 is 1. The van der Waals surface area contributed by atoms with Crippen LogP contribution >= 0.6 is 11.8 Å². The molecule has 8 nitrogen and oxygen atoms in total. The van der Waals surface area contributed by atoms with Crippen LogP contribution in [0.4, 0.5) is 0 Å². The molecule has 2 aromatic rings. The maximum atomic E-state index is 12.5. The van der Waals surface area contributed by atoms with Crippen LogP contribution in [0, 0.1) is 0 Å². The van der Waals surface area contributed by atoms with E-state index in [1.807, 2.05) is 41.8 Å². The maximum Gasteiger partial charge on any atom is 0.276 e. The van der Waals surface area contributed by atoms with Crippen LogP contribution in [0.3, 0.4) is 0 Å². The monoisotopic (exact) mass is 419 g/mol. The van der Waals surface area contributed by atoms with Crippen molar-refractivity contribution in [2.75, 3.05) is 51.9 Å². The lowest BCUT2D eigenvalue weighted by Gasteiger charge is -2.25. The number of amides is 1. The van der Waals surface area contributed by atoms with Crippen LogP contribution in [0.15, 0.2) is 24.4 Å². The topological polar surface area (TPSA) is 72.7 Å². The van der Waals surface area contributed by atoms with Crippen molar-refractivity contribution >= 4 is 17.7 Å². The Morgan fingerprint density at radius 2 is 2.07 bits per heavy atom. The molecule has 1 aliphatic rings. The lowest BCUT2D eigenvalue weighted by molar-refractivity contribution is 0.0766. The van der Waals surface area contributed by atoms with Crippen molar-refractivity contribution in [1.82, 2.24) is 24.8 Å². The van der Waals surface area contributed by atoms with E-state index in [1.165, 1.54) is 0 Å². The van der Waals surface area contributed by atoms with E-state index in [4.69, 9.17) is 9.47 Å². The van der Waals surface area contributed by atoms with Gasteiger partial charge in [0, 0.05) is 37.7 Å². The minimum atomic E-state index is -0.0217. The van der Waals surface area contributed by atoms with Gasteiger partial charge in [-0.25, -0.2) is 0 Å². The lowest BCUT2D eigenvalue weighted by atomic mass is 10.2. The summed E-state index contributed by atoms with van der Waals surface area (Å²) in [5.41, 5.74) is 1.57. The highest BCUT2D eigenvalue weighted by atomic mass is 32.2. The molecule has 158 valence electrons. The second-order valence-electron chi connectivity index (χ2n) is 6.93. The normalized spacial score (nSPS) is 14.3. The van der Waals surface area contributed by atoms with Crippen LogP contribution < -0.4 is 9.47 Å². The van der Waals surface area contributed by atoms with Gasteiger partial charge in [-0.05, 0) is 31.7 Å². The zero-order chi connectivity index (χ0) is 20.6. The Labute approximate surface area is 176 Å². The van der Waals surface area contributed by atoms with Crippen molar-refractivity contribution in [3.05, 3.63) is 35.7 Å². The average Bonchev–Trinajstić information content (AvgIpc) is 3.22. The largest absolute Gasteiger partial charge is 0.493 e. The first-order valence-corrected chi connectivity index (χ1v) is 11.0. The molecule has 9 heteroatoms. The Bertz CT molecular complexity index is 807. The zero-order valence-electron chi connectivity index (χ0n) is 17.3. The van der Waals surface area contributed by atoms with Crippen molar-refractivity contribution in [2.45, 2.75) is 20.0 Å². The van der Waals surface area contributed by atoms with E-state index >= 15 is 0 Å². The van der Waals surface area contributed by atoms with Gasteiger partial charge in [-0.2, -0.15) is 11.8 Å². The Hall–Kier alpha value is -2.26. The third-order valence-electron chi connectivity index (χ3n) is 4.75. The smallest absolute Gasteiger partial charge is 0.276 e. The number of thioether (sulfide) groups is 1. The summed E-state index contributed by atoms with van der Waals surface area (Å²) in [4.78, 5) is 16.6. The lowest BCUT2D eigenvalue weighted by Crippen LogP contribution is -2.38. The van der Waals surface area contributed by atoms with Gasteiger partial charge in [-0.15, -0.1) is 5.10 Å². The highest BCUT2D eigenvalue weighted by Gasteiger charge is 2.21. The van der Waals surface area contributed by atoms with Gasteiger partial charge in [-0.3, -0.25) is 9.48 Å². The third kappa shape index (κ3) is 5.86. The second-order valence-corrected chi connectivity index (χ2v) is 8.15. The van der Waals surface area contributed by atoms with E-state index in [0.29, 0.717) is 18.8 Å². The van der Waals surface area contributed by atoms with Crippen LogP contribution in [0.2, 0.25) is 0 Å². The molecule has 0 radical (unpaired) electrons. The first kappa shape index (κ1) is 21.4. The molecule has 1 saturated heterocycles. The maximum absolute atomic E-state index is 12.5. The molecule has 1 fully saturated rings. The zero-order valence-corrected chi connectivity index (χ0v) is 18.2. The van der Waals surface area contributed by atoms with E-state index in [2.05, 4.69) is 22.3 Å². The molecule has 0 bridgehead atoms. The molecule has 1 aromatic heterocycles. The first-order chi connectivity index (χ1) is 14.1. The molecule has 29 heavy (non-hydrogen) atoms. The number of carbonyl (C=O) groups excluding carboxylic acids is 1. The number of hydrogen-bond acceptors (Lipinski definition) is 7. The molecule has 0 saturated carbocycles. The van der Waals surface area contributed by atoms with E-state index in [1.54, 1.807) is 18.0 Å². The number of aromatic nitrogens is 3. The van der Waals surface area contributed by atoms with Gasteiger partial charge in [0.2, 0.25) is 0 Å². The number of benzene rings is 1. The molecule has 0 unspecified atom stereocenters. The predicted molar refractivity (Wildman–Crippen MR) is 114 cm³/mol. The standard InChI is InChI=1S/C20H29N5O3S/c1-4-28-19-13-16(5-6-18(19)27-3)14-23(2)7-8-25-15-17(21-22-25)20(26)24-9-11-29-12-10-24/h5-6,13,15H,4,7-12,14H2,1-3H3. The molecule has 0 aliphatic carbocycles. The molecule has 1 amide bonds.